The van der Waals surface area contributed by atoms with E-state index in [1.807, 2.05) is 61.0 Å². The van der Waals surface area contributed by atoms with Crippen LogP contribution in [0.2, 0.25) is 5.02 Å². The van der Waals surface area contributed by atoms with Crippen LogP contribution in [-0.4, -0.2) is 21.9 Å². The molecule has 0 saturated carbocycles. The number of hydrogen-bond donors (Lipinski definition) is 0. The van der Waals surface area contributed by atoms with Crippen LogP contribution < -0.4 is 4.80 Å². The average Bonchev–Trinajstić information content (AvgIpc) is 2.98. The fraction of sp³-hybridized carbons (Fsp3) is 0.167. The molecule has 2 heterocycles. The highest BCUT2D eigenvalue weighted by molar-refractivity contribution is 7.07. The minimum Gasteiger partial charge on any atom is -0.258 e. The molecular formula is C18H17ClN4S. The third-order valence-electron chi connectivity index (χ3n) is 3.38. The fourth-order valence-electron chi connectivity index (χ4n) is 2.26. The van der Waals surface area contributed by atoms with E-state index in [1.54, 1.807) is 17.5 Å². The van der Waals surface area contributed by atoms with E-state index >= 15 is 0 Å². The number of halogens is 1. The van der Waals surface area contributed by atoms with Crippen molar-refractivity contribution in [3.8, 4) is 11.3 Å². The monoisotopic (exact) mass is 356 g/mol. The molecule has 0 radical (unpaired) electrons. The molecule has 0 atom stereocenters. The molecule has 2 aromatic heterocycles. The van der Waals surface area contributed by atoms with Crippen molar-refractivity contribution in [3.05, 3.63) is 69.6 Å². The van der Waals surface area contributed by atoms with Gasteiger partial charge in [0.2, 0.25) is 4.80 Å². The van der Waals surface area contributed by atoms with Crippen molar-refractivity contribution in [1.82, 2.24) is 9.66 Å². The third kappa shape index (κ3) is 3.63. The predicted octanol–water partition coefficient (Wildman–Crippen LogP) is 4.46. The van der Waals surface area contributed by atoms with Crippen LogP contribution in [0.4, 0.5) is 0 Å². The zero-order valence-electron chi connectivity index (χ0n) is 13.5. The topological polar surface area (TPSA) is 42.5 Å². The smallest absolute Gasteiger partial charge is 0.206 e. The largest absolute Gasteiger partial charge is 0.258 e. The Bertz CT molecular complexity index is 925. The predicted molar refractivity (Wildman–Crippen MR) is 101 cm³/mol. The van der Waals surface area contributed by atoms with E-state index in [0.717, 1.165) is 27.5 Å². The van der Waals surface area contributed by atoms with Gasteiger partial charge in [0.25, 0.3) is 0 Å². The zero-order chi connectivity index (χ0) is 16.9. The molecule has 0 aliphatic heterocycles. The first-order valence-corrected chi connectivity index (χ1v) is 8.88. The SMILES string of the molecule is CCN=c1scc(-c2cccc(Cl)c2)n1N=C(C)c1ccccn1. The number of nitrogens with zero attached hydrogens (tertiary/aromatic N) is 4. The van der Waals surface area contributed by atoms with Gasteiger partial charge in [-0.15, -0.1) is 11.3 Å². The van der Waals surface area contributed by atoms with Crippen LogP contribution in [0, 0.1) is 0 Å². The molecule has 0 bridgehead atoms. The zero-order valence-corrected chi connectivity index (χ0v) is 15.1. The Morgan fingerprint density at radius 2 is 2.12 bits per heavy atom. The molecule has 24 heavy (non-hydrogen) atoms. The molecule has 0 amide bonds. The summed E-state index contributed by atoms with van der Waals surface area (Å²) in [5, 5.41) is 7.51. The second-order valence-electron chi connectivity index (χ2n) is 5.10. The molecule has 3 rings (SSSR count). The van der Waals surface area contributed by atoms with Gasteiger partial charge < -0.3 is 0 Å². The maximum atomic E-state index is 6.14. The van der Waals surface area contributed by atoms with Crippen LogP contribution in [-0.2, 0) is 0 Å². The van der Waals surface area contributed by atoms with Crippen molar-refractivity contribution in [1.29, 1.82) is 0 Å². The van der Waals surface area contributed by atoms with Crippen molar-refractivity contribution < 1.29 is 0 Å². The maximum Gasteiger partial charge on any atom is 0.206 e. The maximum absolute atomic E-state index is 6.14. The van der Waals surface area contributed by atoms with Gasteiger partial charge in [0.1, 0.15) is 0 Å². The third-order valence-corrected chi connectivity index (χ3v) is 4.47. The van der Waals surface area contributed by atoms with Crippen molar-refractivity contribution in [2.24, 2.45) is 10.1 Å². The highest BCUT2D eigenvalue weighted by Gasteiger charge is 2.09. The molecule has 0 spiro atoms. The Morgan fingerprint density at radius 3 is 2.83 bits per heavy atom. The minimum atomic E-state index is 0.699. The van der Waals surface area contributed by atoms with Gasteiger partial charge in [-0.3, -0.25) is 9.98 Å². The number of thiazole rings is 1. The normalized spacial score (nSPS) is 12.6. The van der Waals surface area contributed by atoms with Gasteiger partial charge in [0.05, 0.1) is 17.1 Å². The molecule has 122 valence electrons. The fourth-order valence-corrected chi connectivity index (χ4v) is 3.35. The van der Waals surface area contributed by atoms with Gasteiger partial charge in [0, 0.05) is 28.7 Å². The lowest BCUT2D eigenvalue weighted by molar-refractivity contribution is 0.826. The van der Waals surface area contributed by atoms with Crippen molar-refractivity contribution >= 4 is 28.6 Å². The van der Waals surface area contributed by atoms with E-state index in [0.29, 0.717) is 11.6 Å². The Kier molecular flexibility index (Phi) is 5.23. The van der Waals surface area contributed by atoms with Gasteiger partial charge in [-0.1, -0.05) is 29.8 Å². The van der Waals surface area contributed by atoms with E-state index < -0.39 is 0 Å². The van der Waals surface area contributed by atoms with E-state index in [9.17, 15) is 0 Å². The Labute approximate surface area is 149 Å². The van der Waals surface area contributed by atoms with Crippen LogP contribution in [0.3, 0.4) is 0 Å². The summed E-state index contributed by atoms with van der Waals surface area (Å²) >= 11 is 7.71. The first-order valence-electron chi connectivity index (χ1n) is 7.63. The van der Waals surface area contributed by atoms with Crippen LogP contribution in [0.25, 0.3) is 11.3 Å². The van der Waals surface area contributed by atoms with Gasteiger partial charge in [-0.25, -0.2) is 4.68 Å². The highest BCUT2D eigenvalue weighted by atomic mass is 35.5. The summed E-state index contributed by atoms with van der Waals surface area (Å²) in [4.78, 5) is 9.75. The average molecular weight is 357 g/mol. The second-order valence-corrected chi connectivity index (χ2v) is 6.37. The lowest BCUT2D eigenvalue weighted by Crippen LogP contribution is -2.14. The van der Waals surface area contributed by atoms with Crippen LogP contribution in [0.5, 0.6) is 0 Å². The molecule has 0 unspecified atom stereocenters. The number of benzene rings is 1. The van der Waals surface area contributed by atoms with Crippen LogP contribution in [0.1, 0.15) is 19.5 Å². The molecule has 0 N–H and O–H groups in total. The minimum absolute atomic E-state index is 0.699. The second kappa shape index (κ2) is 7.55. The Hall–Kier alpha value is -2.24. The molecule has 6 heteroatoms. The molecule has 0 saturated heterocycles. The van der Waals surface area contributed by atoms with Gasteiger partial charge >= 0.3 is 0 Å². The first kappa shape index (κ1) is 16.6. The lowest BCUT2D eigenvalue weighted by atomic mass is 10.2. The summed E-state index contributed by atoms with van der Waals surface area (Å²) in [6.07, 6.45) is 1.77. The highest BCUT2D eigenvalue weighted by Crippen LogP contribution is 2.23. The van der Waals surface area contributed by atoms with E-state index in [1.165, 1.54) is 0 Å². The molecule has 3 aromatic rings. The lowest BCUT2D eigenvalue weighted by Gasteiger charge is -2.06. The summed E-state index contributed by atoms with van der Waals surface area (Å²) in [5.41, 5.74) is 3.64. The van der Waals surface area contributed by atoms with Gasteiger partial charge in [-0.05, 0) is 38.1 Å². The van der Waals surface area contributed by atoms with E-state index in [2.05, 4.69) is 15.4 Å². The number of aromatic nitrogens is 2. The van der Waals surface area contributed by atoms with Crippen molar-refractivity contribution in [2.75, 3.05) is 6.54 Å². The van der Waals surface area contributed by atoms with Gasteiger partial charge in [-0.2, -0.15) is 5.10 Å². The van der Waals surface area contributed by atoms with Crippen molar-refractivity contribution in [3.63, 3.8) is 0 Å². The summed E-state index contributed by atoms with van der Waals surface area (Å²) in [6, 6.07) is 13.5. The Morgan fingerprint density at radius 1 is 1.25 bits per heavy atom. The molecule has 4 nitrogen and oxygen atoms in total. The summed E-state index contributed by atoms with van der Waals surface area (Å²) in [5.74, 6) is 0. The quantitative estimate of drug-likeness (QED) is 0.636. The van der Waals surface area contributed by atoms with Crippen molar-refractivity contribution in [2.45, 2.75) is 13.8 Å². The summed E-state index contributed by atoms with van der Waals surface area (Å²) < 4.78 is 1.86. The molecular weight excluding hydrogens is 340 g/mol. The van der Waals surface area contributed by atoms with E-state index in [4.69, 9.17) is 16.7 Å². The number of hydrogen-bond acceptors (Lipinski definition) is 4. The molecule has 0 fully saturated rings. The molecule has 0 aliphatic rings. The Balaban J connectivity index is 2.15. The van der Waals surface area contributed by atoms with Gasteiger partial charge in [0.15, 0.2) is 0 Å². The standard InChI is InChI=1S/C18H17ClN4S/c1-3-20-18-23(22-13(2)16-9-4-5-10-21-16)17(12-24-18)14-7-6-8-15(19)11-14/h4-12H,3H2,1-2H3. The van der Waals surface area contributed by atoms with Crippen LogP contribution in [0.15, 0.2) is 64.1 Å². The van der Waals surface area contributed by atoms with E-state index in [-0.39, 0.29) is 0 Å². The molecule has 1 aromatic carbocycles. The summed E-state index contributed by atoms with van der Waals surface area (Å²) in [7, 11) is 0. The number of rotatable bonds is 4. The van der Waals surface area contributed by atoms with Crippen LogP contribution >= 0.6 is 22.9 Å². The number of pyridine rings is 1. The first-order chi connectivity index (χ1) is 11.7. The molecule has 0 aliphatic carbocycles. The summed E-state index contributed by atoms with van der Waals surface area (Å²) in [6.45, 7) is 4.66.